The molecule has 5 nitrogen and oxygen atoms in total. The zero-order valence-electron chi connectivity index (χ0n) is 17.0. The summed E-state index contributed by atoms with van der Waals surface area (Å²) in [5.41, 5.74) is 5.70. The van der Waals surface area contributed by atoms with E-state index in [2.05, 4.69) is 12.2 Å². The number of amides is 1. The van der Waals surface area contributed by atoms with Gasteiger partial charge in [-0.15, -0.1) is 0 Å². The Kier molecular flexibility index (Phi) is 13.0. The molecule has 154 valence electrons. The standard InChI is InChI=1S/C21H42N2O3/c1-3-5-6-10-13-17(24)16-19-18(26-19)14-11-8-7-9-12-15-21(25)23-20(22)4-2/h17-20,24H,3-16,22H2,1-2H3,(H,23,25)/t17-,18?,19?,20?/m1/s1. The molecule has 0 radical (unpaired) electrons. The normalized spacial score (nSPS) is 21.4. The molecular weight excluding hydrogens is 328 g/mol. The van der Waals surface area contributed by atoms with Crippen molar-refractivity contribution in [1.29, 1.82) is 0 Å². The average molecular weight is 371 g/mol. The lowest BCUT2D eigenvalue weighted by Gasteiger charge is -2.10. The van der Waals surface area contributed by atoms with Crippen molar-refractivity contribution in [2.24, 2.45) is 5.73 Å². The molecule has 1 rings (SSSR count). The van der Waals surface area contributed by atoms with Crippen molar-refractivity contribution >= 4 is 5.91 Å². The van der Waals surface area contributed by atoms with Crippen LogP contribution in [0, 0.1) is 0 Å². The van der Waals surface area contributed by atoms with Gasteiger partial charge in [0.1, 0.15) is 0 Å². The lowest BCUT2D eigenvalue weighted by atomic mass is 10.0. The van der Waals surface area contributed by atoms with Crippen molar-refractivity contribution in [3.63, 3.8) is 0 Å². The van der Waals surface area contributed by atoms with Gasteiger partial charge in [0.2, 0.25) is 5.91 Å². The lowest BCUT2D eigenvalue weighted by molar-refractivity contribution is -0.121. The van der Waals surface area contributed by atoms with E-state index >= 15 is 0 Å². The number of aliphatic hydroxyl groups is 1. The fraction of sp³-hybridized carbons (Fsp3) is 0.952. The van der Waals surface area contributed by atoms with Crippen molar-refractivity contribution in [2.45, 2.75) is 128 Å². The van der Waals surface area contributed by atoms with Gasteiger partial charge in [0.25, 0.3) is 0 Å². The number of rotatable bonds is 17. The first-order chi connectivity index (χ1) is 12.6. The van der Waals surface area contributed by atoms with Gasteiger partial charge in [-0.2, -0.15) is 0 Å². The van der Waals surface area contributed by atoms with Gasteiger partial charge in [-0.25, -0.2) is 0 Å². The molecule has 1 saturated heterocycles. The van der Waals surface area contributed by atoms with Gasteiger partial charge in [-0.1, -0.05) is 65.2 Å². The Bertz CT molecular complexity index is 365. The van der Waals surface area contributed by atoms with Crippen LogP contribution in [0.3, 0.4) is 0 Å². The Hall–Kier alpha value is -0.650. The molecule has 0 saturated carbocycles. The molecule has 0 bridgehead atoms. The van der Waals surface area contributed by atoms with Crippen LogP contribution in [0.4, 0.5) is 0 Å². The maximum Gasteiger partial charge on any atom is 0.221 e. The monoisotopic (exact) mass is 370 g/mol. The molecule has 0 aromatic heterocycles. The van der Waals surface area contributed by atoms with Crippen LogP contribution in [-0.4, -0.2) is 35.5 Å². The Morgan fingerprint density at radius 1 is 1.04 bits per heavy atom. The molecular formula is C21H42N2O3. The van der Waals surface area contributed by atoms with E-state index in [0.717, 1.165) is 44.9 Å². The molecule has 4 N–H and O–H groups in total. The predicted octanol–water partition coefficient (Wildman–Crippen LogP) is 4.02. The van der Waals surface area contributed by atoms with E-state index in [0.29, 0.717) is 18.6 Å². The highest BCUT2D eigenvalue weighted by Crippen LogP contribution is 2.32. The zero-order chi connectivity index (χ0) is 19.2. The van der Waals surface area contributed by atoms with Crippen molar-refractivity contribution in [2.75, 3.05) is 0 Å². The van der Waals surface area contributed by atoms with Gasteiger partial charge in [0, 0.05) is 12.8 Å². The fourth-order valence-corrected chi connectivity index (χ4v) is 3.38. The first-order valence-electron chi connectivity index (χ1n) is 10.9. The van der Waals surface area contributed by atoms with Gasteiger partial charge in [-0.3, -0.25) is 4.79 Å². The summed E-state index contributed by atoms with van der Waals surface area (Å²) in [6, 6.07) is 0. The minimum absolute atomic E-state index is 0.0711. The largest absolute Gasteiger partial charge is 0.393 e. The van der Waals surface area contributed by atoms with E-state index in [4.69, 9.17) is 10.5 Å². The number of nitrogens with two attached hydrogens (primary N) is 1. The number of hydrogen-bond acceptors (Lipinski definition) is 4. The molecule has 5 heteroatoms. The molecule has 0 aliphatic carbocycles. The first kappa shape index (κ1) is 23.4. The van der Waals surface area contributed by atoms with Crippen LogP contribution in [0.1, 0.15) is 104 Å². The van der Waals surface area contributed by atoms with E-state index in [1.807, 2.05) is 6.92 Å². The van der Waals surface area contributed by atoms with E-state index in [9.17, 15) is 9.90 Å². The summed E-state index contributed by atoms with van der Waals surface area (Å²) in [7, 11) is 0. The summed E-state index contributed by atoms with van der Waals surface area (Å²) in [4.78, 5) is 11.6. The lowest BCUT2D eigenvalue weighted by Crippen LogP contribution is -2.40. The summed E-state index contributed by atoms with van der Waals surface area (Å²) in [5.74, 6) is 0.0711. The molecule has 1 aliphatic heterocycles. The minimum Gasteiger partial charge on any atom is -0.393 e. The van der Waals surface area contributed by atoms with Crippen molar-refractivity contribution in [3.05, 3.63) is 0 Å². The van der Waals surface area contributed by atoms with E-state index in [1.54, 1.807) is 0 Å². The third-order valence-corrected chi connectivity index (χ3v) is 5.26. The number of unbranched alkanes of at least 4 members (excludes halogenated alkanes) is 7. The van der Waals surface area contributed by atoms with Crippen molar-refractivity contribution in [3.8, 4) is 0 Å². The third kappa shape index (κ3) is 11.9. The summed E-state index contributed by atoms with van der Waals surface area (Å²) in [6.45, 7) is 4.17. The number of aliphatic hydroxyl groups excluding tert-OH is 1. The Morgan fingerprint density at radius 2 is 1.73 bits per heavy atom. The first-order valence-corrected chi connectivity index (χ1v) is 10.9. The van der Waals surface area contributed by atoms with E-state index in [-0.39, 0.29) is 18.2 Å². The second kappa shape index (κ2) is 14.4. The second-order valence-electron chi connectivity index (χ2n) is 7.84. The van der Waals surface area contributed by atoms with Gasteiger partial charge in [0.15, 0.2) is 0 Å². The number of carbonyl (C=O) groups excluding carboxylic acids is 1. The number of epoxide rings is 1. The molecule has 0 aromatic rings. The number of ether oxygens (including phenoxy) is 1. The fourth-order valence-electron chi connectivity index (χ4n) is 3.38. The topological polar surface area (TPSA) is 87.9 Å². The van der Waals surface area contributed by atoms with Crippen LogP contribution in [0.5, 0.6) is 0 Å². The zero-order valence-corrected chi connectivity index (χ0v) is 17.0. The van der Waals surface area contributed by atoms with Gasteiger partial charge in [-0.05, 0) is 25.7 Å². The average Bonchev–Trinajstić information content (AvgIpc) is 3.35. The minimum atomic E-state index is -0.205. The van der Waals surface area contributed by atoms with Crippen LogP contribution in [-0.2, 0) is 9.53 Å². The number of nitrogens with one attached hydrogen (secondary N) is 1. The Labute approximate surface area is 160 Å². The SMILES string of the molecule is CCCCCC[C@@H](O)CC1OC1CCCCCCCC(=O)NC(N)CC. The molecule has 3 unspecified atom stereocenters. The van der Waals surface area contributed by atoms with Crippen LogP contribution < -0.4 is 11.1 Å². The Balaban J connectivity index is 1.87. The summed E-state index contributed by atoms with van der Waals surface area (Å²) in [6.07, 6.45) is 14.9. The van der Waals surface area contributed by atoms with E-state index in [1.165, 1.54) is 38.5 Å². The molecule has 26 heavy (non-hydrogen) atoms. The predicted molar refractivity (Wildman–Crippen MR) is 107 cm³/mol. The van der Waals surface area contributed by atoms with Crippen molar-refractivity contribution < 1.29 is 14.6 Å². The number of hydrogen-bond donors (Lipinski definition) is 3. The van der Waals surface area contributed by atoms with Crippen molar-refractivity contribution in [1.82, 2.24) is 5.32 Å². The number of carbonyl (C=O) groups is 1. The van der Waals surface area contributed by atoms with Gasteiger partial charge < -0.3 is 20.9 Å². The molecule has 0 spiro atoms. The van der Waals surface area contributed by atoms with E-state index < -0.39 is 0 Å². The molecule has 1 heterocycles. The smallest absolute Gasteiger partial charge is 0.221 e. The molecule has 1 aliphatic rings. The van der Waals surface area contributed by atoms with Gasteiger partial charge in [0.05, 0.1) is 24.5 Å². The maximum atomic E-state index is 11.6. The third-order valence-electron chi connectivity index (χ3n) is 5.26. The summed E-state index contributed by atoms with van der Waals surface area (Å²) < 4.78 is 5.70. The highest BCUT2D eigenvalue weighted by Gasteiger charge is 2.38. The maximum absolute atomic E-state index is 11.6. The molecule has 1 fully saturated rings. The quantitative estimate of drug-likeness (QED) is 0.205. The molecule has 0 aromatic carbocycles. The summed E-state index contributed by atoms with van der Waals surface area (Å²) >= 11 is 0. The van der Waals surface area contributed by atoms with Crippen LogP contribution in [0.25, 0.3) is 0 Å². The van der Waals surface area contributed by atoms with Gasteiger partial charge >= 0.3 is 0 Å². The summed E-state index contributed by atoms with van der Waals surface area (Å²) in [5, 5.41) is 12.8. The molecule has 4 atom stereocenters. The Morgan fingerprint density at radius 3 is 2.46 bits per heavy atom. The highest BCUT2D eigenvalue weighted by atomic mass is 16.6. The highest BCUT2D eigenvalue weighted by molar-refractivity contribution is 5.76. The molecule has 1 amide bonds. The van der Waals surface area contributed by atoms with Crippen LogP contribution >= 0.6 is 0 Å². The van der Waals surface area contributed by atoms with Crippen LogP contribution in [0.15, 0.2) is 0 Å². The second-order valence-corrected chi connectivity index (χ2v) is 7.84. The van der Waals surface area contributed by atoms with Crippen LogP contribution in [0.2, 0.25) is 0 Å².